The molecule has 0 saturated carbocycles. The van der Waals surface area contributed by atoms with E-state index in [-0.39, 0.29) is 11.5 Å². The van der Waals surface area contributed by atoms with Gasteiger partial charge >= 0.3 is 0 Å². The van der Waals surface area contributed by atoms with E-state index in [0.717, 1.165) is 34.9 Å². The Bertz CT molecular complexity index is 809. The van der Waals surface area contributed by atoms with Crippen LogP contribution < -0.4 is 10.9 Å². The van der Waals surface area contributed by atoms with E-state index in [1.165, 1.54) is 11.3 Å². The van der Waals surface area contributed by atoms with Gasteiger partial charge in [0, 0.05) is 38.9 Å². The molecule has 23 heavy (non-hydrogen) atoms. The van der Waals surface area contributed by atoms with Crippen molar-refractivity contribution >= 4 is 22.4 Å². The standard InChI is InChI=1S/C16H20N4O2S/c1-4-17-16-18-10(2)14(23-16)15(22)20-6-5-11-7-13(21)19(3)8-12(11)9-20/h7-8H,4-6,9H2,1-3H3,(H,17,18). The van der Waals surface area contributed by atoms with E-state index in [4.69, 9.17) is 0 Å². The first-order valence-electron chi connectivity index (χ1n) is 7.68. The van der Waals surface area contributed by atoms with Crippen molar-refractivity contribution in [2.45, 2.75) is 26.8 Å². The number of fused-ring (bicyclic) bond motifs is 1. The maximum atomic E-state index is 12.8. The predicted octanol–water partition coefficient (Wildman–Crippen LogP) is 1.78. The van der Waals surface area contributed by atoms with E-state index < -0.39 is 0 Å². The predicted molar refractivity (Wildman–Crippen MR) is 91.1 cm³/mol. The number of nitrogens with zero attached hydrogens (tertiary/aromatic N) is 3. The summed E-state index contributed by atoms with van der Waals surface area (Å²) in [5, 5.41) is 3.94. The van der Waals surface area contributed by atoms with Gasteiger partial charge in [-0.1, -0.05) is 11.3 Å². The van der Waals surface area contributed by atoms with E-state index >= 15 is 0 Å². The fourth-order valence-corrected chi connectivity index (χ4v) is 3.78. The third-order valence-electron chi connectivity index (χ3n) is 4.03. The molecule has 0 saturated heterocycles. The number of hydrogen-bond donors (Lipinski definition) is 1. The molecule has 7 heteroatoms. The van der Waals surface area contributed by atoms with Crippen LogP contribution in [0.25, 0.3) is 0 Å². The number of carbonyl (C=O) groups excluding carboxylic acids is 1. The molecule has 1 aliphatic heterocycles. The van der Waals surface area contributed by atoms with Crippen LogP contribution in [0.2, 0.25) is 0 Å². The normalized spacial score (nSPS) is 13.8. The van der Waals surface area contributed by atoms with Crippen LogP contribution in [0, 0.1) is 6.92 Å². The Morgan fingerprint density at radius 1 is 1.43 bits per heavy atom. The van der Waals surface area contributed by atoms with Gasteiger partial charge in [-0.15, -0.1) is 0 Å². The van der Waals surface area contributed by atoms with E-state index in [9.17, 15) is 9.59 Å². The summed E-state index contributed by atoms with van der Waals surface area (Å²) in [6.07, 6.45) is 2.55. The number of rotatable bonds is 3. The molecule has 2 aromatic heterocycles. The maximum absolute atomic E-state index is 12.8. The van der Waals surface area contributed by atoms with Crippen LogP contribution in [0.15, 0.2) is 17.1 Å². The van der Waals surface area contributed by atoms with Gasteiger partial charge in [-0.05, 0) is 31.4 Å². The van der Waals surface area contributed by atoms with Crippen LogP contribution in [0.3, 0.4) is 0 Å². The number of nitrogens with one attached hydrogen (secondary N) is 1. The summed E-state index contributed by atoms with van der Waals surface area (Å²) in [6.45, 7) is 5.82. The SMILES string of the molecule is CCNc1nc(C)c(C(=O)N2CCc3cc(=O)n(C)cc3C2)s1. The van der Waals surface area contributed by atoms with Crippen molar-refractivity contribution in [1.29, 1.82) is 0 Å². The first kappa shape index (κ1) is 15.7. The first-order valence-corrected chi connectivity index (χ1v) is 8.50. The molecule has 0 aromatic carbocycles. The highest BCUT2D eigenvalue weighted by atomic mass is 32.1. The highest BCUT2D eigenvalue weighted by molar-refractivity contribution is 7.17. The first-order chi connectivity index (χ1) is 11.0. The van der Waals surface area contributed by atoms with Crippen LogP contribution in [0.1, 0.15) is 33.4 Å². The van der Waals surface area contributed by atoms with E-state index in [0.29, 0.717) is 18.0 Å². The lowest BCUT2D eigenvalue weighted by atomic mass is 10.0. The number of hydrogen-bond acceptors (Lipinski definition) is 5. The number of anilines is 1. The Balaban J connectivity index is 1.84. The van der Waals surface area contributed by atoms with E-state index in [1.54, 1.807) is 17.7 Å². The number of thiazole rings is 1. The lowest BCUT2D eigenvalue weighted by Gasteiger charge is -2.28. The largest absolute Gasteiger partial charge is 0.362 e. The maximum Gasteiger partial charge on any atom is 0.266 e. The fraction of sp³-hybridized carbons (Fsp3) is 0.438. The zero-order chi connectivity index (χ0) is 16.6. The summed E-state index contributed by atoms with van der Waals surface area (Å²) in [7, 11) is 1.74. The van der Waals surface area contributed by atoms with E-state index in [2.05, 4.69) is 10.3 Å². The average Bonchev–Trinajstić information content (AvgIpc) is 2.88. The molecular weight excluding hydrogens is 312 g/mol. The monoisotopic (exact) mass is 332 g/mol. The van der Waals surface area contributed by atoms with Crippen molar-refractivity contribution in [2.75, 3.05) is 18.4 Å². The van der Waals surface area contributed by atoms with Crippen molar-refractivity contribution in [1.82, 2.24) is 14.5 Å². The molecule has 1 amide bonds. The van der Waals surface area contributed by atoms with Gasteiger partial charge in [0.05, 0.1) is 5.69 Å². The summed E-state index contributed by atoms with van der Waals surface area (Å²) < 4.78 is 1.56. The smallest absolute Gasteiger partial charge is 0.266 e. The summed E-state index contributed by atoms with van der Waals surface area (Å²) in [5.74, 6) is 0.0173. The van der Waals surface area contributed by atoms with Crippen LogP contribution in [0.5, 0.6) is 0 Å². The minimum absolute atomic E-state index is 0.00268. The molecule has 122 valence electrons. The van der Waals surface area contributed by atoms with Gasteiger partial charge in [0.25, 0.3) is 11.5 Å². The number of amides is 1. The lowest BCUT2D eigenvalue weighted by Crippen LogP contribution is -2.37. The number of pyridine rings is 1. The van der Waals surface area contributed by atoms with E-state index in [1.807, 2.05) is 24.9 Å². The number of carbonyl (C=O) groups is 1. The fourth-order valence-electron chi connectivity index (χ4n) is 2.78. The Morgan fingerprint density at radius 2 is 2.22 bits per heavy atom. The second-order valence-corrected chi connectivity index (χ2v) is 6.71. The van der Waals surface area contributed by atoms with Crippen LogP contribution >= 0.6 is 11.3 Å². The molecule has 3 heterocycles. The van der Waals surface area contributed by atoms with Crippen molar-refractivity contribution in [3.63, 3.8) is 0 Å². The third kappa shape index (κ3) is 3.01. The summed E-state index contributed by atoms with van der Waals surface area (Å²) >= 11 is 1.40. The zero-order valence-corrected chi connectivity index (χ0v) is 14.4. The Labute approximate surface area is 138 Å². The van der Waals surface area contributed by atoms with Gasteiger partial charge in [-0.3, -0.25) is 9.59 Å². The minimum Gasteiger partial charge on any atom is -0.362 e. The van der Waals surface area contributed by atoms with Crippen molar-refractivity contribution in [2.24, 2.45) is 7.05 Å². The highest BCUT2D eigenvalue weighted by Crippen LogP contribution is 2.26. The van der Waals surface area contributed by atoms with Gasteiger partial charge in [0.2, 0.25) is 0 Å². The molecule has 0 spiro atoms. The molecule has 0 atom stereocenters. The Hall–Kier alpha value is -2.15. The average molecular weight is 332 g/mol. The Morgan fingerprint density at radius 3 is 2.96 bits per heavy atom. The minimum atomic E-state index is -0.00268. The van der Waals surface area contributed by atoms with Gasteiger partial charge in [0.15, 0.2) is 5.13 Å². The number of aromatic nitrogens is 2. The quantitative estimate of drug-likeness (QED) is 0.930. The molecule has 0 bridgehead atoms. The lowest BCUT2D eigenvalue weighted by molar-refractivity contribution is 0.0738. The van der Waals surface area contributed by atoms with Gasteiger partial charge in [0.1, 0.15) is 4.88 Å². The molecule has 0 radical (unpaired) electrons. The molecule has 0 unspecified atom stereocenters. The highest BCUT2D eigenvalue weighted by Gasteiger charge is 2.25. The third-order valence-corrected chi connectivity index (χ3v) is 5.13. The summed E-state index contributed by atoms with van der Waals surface area (Å²) in [6, 6.07) is 1.68. The molecule has 1 N–H and O–H groups in total. The van der Waals surface area contributed by atoms with Crippen LogP contribution in [-0.2, 0) is 20.0 Å². The van der Waals surface area contributed by atoms with Crippen molar-refractivity contribution in [3.8, 4) is 0 Å². The second-order valence-electron chi connectivity index (χ2n) is 5.71. The van der Waals surface area contributed by atoms with Gasteiger partial charge < -0.3 is 14.8 Å². The van der Waals surface area contributed by atoms with Crippen molar-refractivity contribution < 1.29 is 4.79 Å². The topological polar surface area (TPSA) is 67.2 Å². The second kappa shape index (κ2) is 6.16. The molecule has 2 aromatic rings. The molecular formula is C16H20N4O2S. The molecule has 6 nitrogen and oxygen atoms in total. The van der Waals surface area contributed by atoms with Crippen molar-refractivity contribution in [3.05, 3.63) is 44.3 Å². The van der Waals surface area contributed by atoms with Gasteiger partial charge in [-0.2, -0.15) is 0 Å². The molecule has 0 aliphatic carbocycles. The molecule has 0 fully saturated rings. The van der Waals surface area contributed by atoms with Crippen LogP contribution in [-0.4, -0.2) is 33.4 Å². The molecule has 1 aliphatic rings. The summed E-state index contributed by atoms with van der Waals surface area (Å²) in [4.78, 5) is 31.4. The zero-order valence-electron chi connectivity index (χ0n) is 13.5. The van der Waals surface area contributed by atoms with Crippen LogP contribution in [0.4, 0.5) is 5.13 Å². The molecule has 3 rings (SSSR count). The summed E-state index contributed by atoms with van der Waals surface area (Å²) in [5.41, 5.74) is 2.85. The number of aryl methyl sites for hydroxylation is 2. The van der Waals surface area contributed by atoms with Gasteiger partial charge in [-0.25, -0.2) is 4.98 Å². The Kier molecular flexibility index (Phi) is 4.21.